The lowest BCUT2D eigenvalue weighted by atomic mass is 10.1. The van der Waals surface area contributed by atoms with Crippen molar-refractivity contribution in [3.05, 3.63) is 77.3 Å². The van der Waals surface area contributed by atoms with Gasteiger partial charge in [0.15, 0.2) is 5.78 Å². The summed E-state index contributed by atoms with van der Waals surface area (Å²) in [5, 5.41) is 6.35. The van der Waals surface area contributed by atoms with E-state index in [1.54, 1.807) is 24.3 Å². The predicted octanol–water partition coefficient (Wildman–Crippen LogP) is 5.18. The normalized spacial score (nSPS) is 10.6. The van der Waals surface area contributed by atoms with Gasteiger partial charge in [-0.15, -0.1) is 0 Å². The number of benzene rings is 3. The number of carbonyl (C=O) groups excluding carboxylic acids is 1. The van der Waals surface area contributed by atoms with E-state index in [2.05, 4.69) is 29.6 Å². The summed E-state index contributed by atoms with van der Waals surface area (Å²) in [6, 6.07) is 21.5. The number of fused-ring (bicyclic) bond motifs is 1. The largest absolute Gasteiger partial charge is 0.385 e. The van der Waals surface area contributed by atoms with Gasteiger partial charge in [-0.25, -0.2) is 0 Å². The molecule has 1 N–H and O–H groups in total. The summed E-state index contributed by atoms with van der Waals surface area (Å²) in [6.45, 7) is 0.611. The molecule has 22 heavy (non-hydrogen) atoms. The van der Waals surface area contributed by atoms with Gasteiger partial charge in [-0.3, -0.25) is 4.79 Å². The third-order valence-corrected chi connectivity index (χ3v) is 3.85. The topological polar surface area (TPSA) is 29.1 Å². The molecule has 0 fully saturated rings. The van der Waals surface area contributed by atoms with E-state index < -0.39 is 0 Å². The highest BCUT2D eigenvalue weighted by Gasteiger charge is 2.05. The average molecular weight is 310 g/mol. The lowest BCUT2D eigenvalue weighted by molar-refractivity contribution is 0.0986. The van der Waals surface area contributed by atoms with Crippen LogP contribution in [-0.4, -0.2) is 12.3 Å². The van der Waals surface area contributed by atoms with Gasteiger partial charge in [0.05, 0.1) is 0 Å². The molecule has 0 spiro atoms. The molecule has 0 unspecified atom stereocenters. The Morgan fingerprint density at radius 1 is 0.909 bits per heavy atom. The molecule has 0 amide bonds. The van der Waals surface area contributed by atoms with E-state index in [9.17, 15) is 4.79 Å². The SMILES string of the molecule is O=C(CCNc1ccc2ccccc2c1)c1ccc(Cl)cc1. The van der Waals surface area contributed by atoms with Crippen molar-refractivity contribution in [2.75, 3.05) is 11.9 Å². The van der Waals surface area contributed by atoms with Crippen molar-refractivity contribution >= 4 is 33.8 Å². The number of halogens is 1. The molecule has 0 saturated heterocycles. The number of rotatable bonds is 5. The fourth-order valence-corrected chi connectivity index (χ4v) is 2.53. The van der Waals surface area contributed by atoms with Crippen LogP contribution in [0.4, 0.5) is 5.69 Å². The van der Waals surface area contributed by atoms with E-state index in [1.165, 1.54) is 10.8 Å². The Bertz CT molecular complexity index is 796. The van der Waals surface area contributed by atoms with E-state index in [-0.39, 0.29) is 5.78 Å². The molecule has 3 rings (SSSR count). The molecule has 3 aromatic carbocycles. The van der Waals surface area contributed by atoms with Crippen LogP contribution in [0.5, 0.6) is 0 Å². The molecule has 2 nitrogen and oxygen atoms in total. The fourth-order valence-electron chi connectivity index (χ4n) is 2.40. The third-order valence-electron chi connectivity index (χ3n) is 3.60. The highest BCUT2D eigenvalue weighted by Crippen LogP contribution is 2.19. The van der Waals surface area contributed by atoms with E-state index in [1.807, 2.05) is 18.2 Å². The summed E-state index contributed by atoms with van der Waals surface area (Å²) in [5.41, 5.74) is 1.73. The van der Waals surface area contributed by atoms with Crippen LogP contribution in [0, 0.1) is 0 Å². The molecule has 0 aliphatic rings. The molecular formula is C19H16ClNO. The molecular weight excluding hydrogens is 294 g/mol. The molecule has 0 aliphatic carbocycles. The van der Waals surface area contributed by atoms with Crippen LogP contribution in [0.2, 0.25) is 5.02 Å². The number of carbonyl (C=O) groups is 1. The monoisotopic (exact) mass is 309 g/mol. The summed E-state index contributed by atoms with van der Waals surface area (Å²) in [7, 11) is 0. The minimum Gasteiger partial charge on any atom is -0.385 e. The van der Waals surface area contributed by atoms with Crippen molar-refractivity contribution < 1.29 is 4.79 Å². The third kappa shape index (κ3) is 3.46. The van der Waals surface area contributed by atoms with E-state index in [0.29, 0.717) is 23.6 Å². The lowest BCUT2D eigenvalue weighted by Gasteiger charge is -2.07. The molecule has 0 heterocycles. The van der Waals surface area contributed by atoms with Crippen LogP contribution >= 0.6 is 11.6 Å². The van der Waals surface area contributed by atoms with Crippen LogP contribution < -0.4 is 5.32 Å². The Morgan fingerprint density at radius 3 is 2.41 bits per heavy atom. The standard InChI is InChI=1S/C19H16ClNO/c20-17-8-5-15(6-9-17)19(22)11-12-21-18-10-7-14-3-1-2-4-16(14)13-18/h1-10,13,21H,11-12H2. The first kappa shape index (κ1) is 14.6. The molecule has 0 radical (unpaired) electrons. The van der Waals surface area contributed by atoms with E-state index in [0.717, 1.165) is 5.69 Å². The van der Waals surface area contributed by atoms with Gasteiger partial charge in [-0.1, -0.05) is 41.9 Å². The molecule has 0 bridgehead atoms. The first-order valence-electron chi connectivity index (χ1n) is 7.24. The molecule has 3 heteroatoms. The zero-order chi connectivity index (χ0) is 15.4. The van der Waals surface area contributed by atoms with Gasteiger partial charge in [0.25, 0.3) is 0 Å². The Balaban J connectivity index is 1.59. The van der Waals surface area contributed by atoms with Gasteiger partial charge in [0, 0.05) is 29.2 Å². The van der Waals surface area contributed by atoms with Crippen LogP contribution in [0.15, 0.2) is 66.7 Å². The Kier molecular flexibility index (Phi) is 4.40. The van der Waals surface area contributed by atoms with Gasteiger partial charge < -0.3 is 5.32 Å². The Hall–Kier alpha value is -2.32. The minimum atomic E-state index is 0.116. The summed E-state index contributed by atoms with van der Waals surface area (Å²) in [6.07, 6.45) is 0.453. The number of anilines is 1. The first-order chi connectivity index (χ1) is 10.7. The molecule has 0 aliphatic heterocycles. The molecule has 0 saturated carbocycles. The zero-order valence-electron chi connectivity index (χ0n) is 12.1. The zero-order valence-corrected chi connectivity index (χ0v) is 12.8. The van der Waals surface area contributed by atoms with Crippen molar-refractivity contribution in [1.29, 1.82) is 0 Å². The van der Waals surface area contributed by atoms with Gasteiger partial charge >= 0.3 is 0 Å². The highest BCUT2D eigenvalue weighted by atomic mass is 35.5. The van der Waals surface area contributed by atoms with Crippen molar-refractivity contribution in [1.82, 2.24) is 0 Å². The molecule has 0 atom stereocenters. The van der Waals surface area contributed by atoms with Gasteiger partial charge in [0.1, 0.15) is 0 Å². The highest BCUT2D eigenvalue weighted by molar-refractivity contribution is 6.30. The second-order valence-corrected chi connectivity index (χ2v) is 5.61. The smallest absolute Gasteiger partial charge is 0.164 e. The summed E-state index contributed by atoms with van der Waals surface area (Å²) in [4.78, 5) is 12.1. The van der Waals surface area contributed by atoms with Gasteiger partial charge in [-0.05, 0) is 47.2 Å². The van der Waals surface area contributed by atoms with Crippen molar-refractivity contribution in [2.24, 2.45) is 0 Å². The number of Topliss-reactive ketones (excluding diaryl/α,β-unsaturated/α-hetero) is 1. The average Bonchev–Trinajstić information content (AvgIpc) is 2.55. The fraction of sp³-hybridized carbons (Fsp3) is 0.105. The maximum absolute atomic E-state index is 12.1. The Morgan fingerprint density at radius 2 is 1.64 bits per heavy atom. The molecule has 3 aromatic rings. The first-order valence-corrected chi connectivity index (χ1v) is 7.61. The summed E-state index contributed by atoms with van der Waals surface area (Å²) in [5.74, 6) is 0.116. The maximum Gasteiger partial charge on any atom is 0.164 e. The predicted molar refractivity (Wildman–Crippen MR) is 92.8 cm³/mol. The summed E-state index contributed by atoms with van der Waals surface area (Å²) < 4.78 is 0. The van der Waals surface area contributed by atoms with E-state index >= 15 is 0 Å². The Labute approximate surface area is 134 Å². The van der Waals surface area contributed by atoms with Crippen LogP contribution in [-0.2, 0) is 0 Å². The van der Waals surface area contributed by atoms with Crippen molar-refractivity contribution in [3.8, 4) is 0 Å². The number of nitrogens with one attached hydrogen (secondary N) is 1. The minimum absolute atomic E-state index is 0.116. The number of hydrogen-bond donors (Lipinski definition) is 1. The number of ketones is 1. The quantitative estimate of drug-likeness (QED) is 0.658. The van der Waals surface area contributed by atoms with Crippen molar-refractivity contribution in [2.45, 2.75) is 6.42 Å². The van der Waals surface area contributed by atoms with Crippen LogP contribution in [0.3, 0.4) is 0 Å². The van der Waals surface area contributed by atoms with Crippen molar-refractivity contribution in [3.63, 3.8) is 0 Å². The second-order valence-electron chi connectivity index (χ2n) is 5.17. The number of hydrogen-bond acceptors (Lipinski definition) is 2. The molecule has 110 valence electrons. The summed E-state index contributed by atoms with van der Waals surface area (Å²) >= 11 is 5.82. The molecule has 0 aromatic heterocycles. The van der Waals surface area contributed by atoms with Crippen LogP contribution in [0.25, 0.3) is 10.8 Å². The maximum atomic E-state index is 12.1. The second kappa shape index (κ2) is 6.63. The lowest BCUT2D eigenvalue weighted by Crippen LogP contribution is -2.08. The van der Waals surface area contributed by atoms with E-state index in [4.69, 9.17) is 11.6 Å². The van der Waals surface area contributed by atoms with Gasteiger partial charge in [0.2, 0.25) is 0 Å². The van der Waals surface area contributed by atoms with Gasteiger partial charge in [-0.2, -0.15) is 0 Å². The van der Waals surface area contributed by atoms with Crippen LogP contribution in [0.1, 0.15) is 16.8 Å².